The highest BCUT2D eigenvalue weighted by Gasteiger charge is 2.54. The minimum Gasteiger partial charge on any atom is -0.504 e. The van der Waals surface area contributed by atoms with Crippen molar-refractivity contribution < 1.29 is 72.1 Å². The van der Waals surface area contributed by atoms with Gasteiger partial charge in [-0.15, -0.1) is 6.58 Å². The van der Waals surface area contributed by atoms with Gasteiger partial charge in [-0.05, 0) is 41.7 Å². The number of fused-ring (bicyclic) bond motifs is 1. The fourth-order valence-corrected chi connectivity index (χ4v) is 7.45. The predicted octanol–water partition coefficient (Wildman–Crippen LogP) is 3.52. The van der Waals surface area contributed by atoms with Crippen LogP contribution in [0.1, 0.15) is 56.8 Å². The molecule has 16 heteroatoms. The first-order chi connectivity index (χ1) is 26.7. The largest absolute Gasteiger partial charge is 0.504 e. The molecule has 3 aliphatic rings. The van der Waals surface area contributed by atoms with Crippen LogP contribution in [0.4, 0.5) is 0 Å². The van der Waals surface area contributed by atoms with Crippen LogP contribution in [-0.4, -0.2) is 102 Å². The third kappa shape index (κ3) is 9.85. The maximum Gasteiger partial charge on any atom is 0.337 e. The van der Waals surface area contributed by atoms with E-state index < -0.39 is 91.3 Å². The number of carbonyl (C=O) groups is 5. The van der Waals surface area contributed by atoms with Crippen molar-refractivity contribution in [3.8, 4) is 11.5 Å². The number of hydrogen-bond acceptors (Lipinski definition) is 16. The van der Waals surface area contributed by atoms with Gasteiger partial charge in [0.1, 0.15) is 12.7 Å². The average Bonchev–Trinajstić information content (AvgIpc) is 3.14. The number of benzene rings is 2. The quantitative estimate of drug-likeness (QED) is 0.129. The standard InChI is InChI=1S/C40H47NO15/c1-7-27-29(16-31-28-17-33(47)32(46)15-26(28)13-14-41(31)18-25-11-9-8-10-12-25)30(38(48)49-6)19-51-39(27)56-40-37(54-24(5)45)36(53-23(4)44)35(52-22(3)43)34(55-40)20-50-21(2)42/h7-12,15,17,19,27,29,31,34-37,39-40,46-47H,1,13-14,16,18,20H2,2-6H3/t27-,29+,31-,34-,35-,36+,37-,39+,40+/m1/s1. The molecule has 5 rings (SSSR count). The fourth-order valence-electron chi connectivity index (χ4n) is 7.45. The summed E-state index contributed by atoms with van der Waals surface area (Å²) in [4.78, 5) is 64.5. The molecule has 3 aliphatic heterocycles. The van der Waals surface area contributed by atoms with E-state index in [2.05, 4.69) is 11.5 Å². The maximum absolute atomic E-state index is 13.4. The van der Waals surface area contributed by atoms with E-state index >= 15 is 0 Å². The van der Waals surface area contributed by atoms with Crippen molar-refractivity contribution >= 4 is 29.8 Å². The van der Waals surface area contributed by atoms with Crippen LogP contribution in [0.25, 0.3) is 0 Å². The SMILES string of the molecule is C=C[C@H]1[C@H](O[C@@H]2O[C@H](COC(C)=O)[C@@H](OC(C)=O)[C@H](OC(C)=O)[C@H]2OC(C)=O)OC=C(C(=O)OC)[C@H]1C[C@@H]1c2cc(O)c(O)cc2CCN1Cc1ccccc1. The second-order valence-corrected chi connectivity index (χ2v) is 13.7. The van der Waals surface area contributed by atoms with Crippen molar-refractivity contribution in [2.24, 2.45) is 11.8 Å². The molecule has 2 N–H and O–H groups in total. The summed E-state index contributed by atoms with van der Waals surface area (Å²) >= 11 is 0. The molecule has 2 aromatic carbocycles. The lowest BCUT2D eigenvalue weighted by Gasteiger charge is -2.46. The molecule has 1 fully saturated rings. The van der Waals surface area contributed by atoms with E-state index in [0.29, 0.717) is 19.5 Å². The zero-order chi connectivity index (χ0) is 40.7. The summed E-state index contributed by atoms with van der Waals surface area (Å²) in [6.07, 6.45) is -5.00. The van der Waals surface area contributed by atoms with Gasteiger partial charge < -0.3 is 48.1 Å². The molecular weight excluding hydrogens is 734 g/mol. The maximum atomic E-state index is 13.4. The van der Waals surface area contributed by atoms with E-state index in [4.69, 9.17) is 37.9 Å². The molecule has 302 valence electrons. The number of phenols is 2. The zero-order valence-corrected chi connectivity index (χ0v) is 31.8. The van der Waals surface area contributed by atoms with E-state index in [1.807, 2.05) is 30.3 Å². The molecule has 16 nitrogen and oxygen atoms in total. The lowest BCUT2D eigenvalue weighted by atomic mass is 9.76. The number of hydrogen-bond donors (Lipinski definition) is 2. The summed E-state index contributed by atoms with van der Waals surface area (Å²) in [5.74, 6) is -5.85. The van der Waals surface area contributed by atoms with Crippen LogP contribution in [0.2, 0.25) is 0 Å². The Balaban J connectivity index is 1.54. The smallest absolute Gasteiger partial charge is 0.337 e. The minimum absolute atomic E-state index is 0.161. The Bertz CT molecular complexity index is 1810. The molecule has 0 aliphatic carbocycles. The third-order valence-electron chi connectivity index (χ3n) is 9.83. The number of carbonyl (C=O) groups excluding carboxylic acids is 5. The summed E-state index contributed by atoms with van der Waals surface area (Å²) < 4.78 is 45.6. The second-order valence-electron chi connectivity index (χ2n) is 13.7. The summed E-state index contributed by atoms with van der Waals surface area (Å²) in [6.45, 7) is 9.17. The molecule has 9 atom stereocenters. The van der Waals surface area contributed by atoms with Crippen LogP contribution >= 0.6 is 0 Å². The first-order valence-electron chi connectivity index (χ1n) is 18.1. The van der Waals surface area contributed by atoms with Crippen LogP contribution < -0.4 is 0 Å². The lowest BCUT2D eigenvalue weighted by Crippen LogP contribution is -2.63. The fraction of sp³-hybridized carbons (Fsp3) is 0.475. The van der Waals surface area contributed by atoms with Gasteiger partial charge in [-0.1, -0.05) is 36.4 Å². The highest BCUT2D eigenvalue weighted by atomic mass is 16.8. The Labute approximate surface area is 323 Å². The molecule has 0 radical (unpaired) electrons. The van der Waals surface area contributed by atoms with Gasteiger partial charge in [0.15, 0.2) is 29.8 Å². The second kappa shape index (κ2) is 18.5. The summed E-state index contributed by atoms with van der Waals surface area (Å²) in [5, 5.41) is 21.0. The summed E-state index contributed by atoms with van der Waals surface area (Å²) in [6, 6.07) is 12.4. The number of methoxy groups -OCH3 is 1. The average molecular weight is 782 g/mol. The predicted molar refractivity (Wildman–Crippen MR) is 193 cm³/mol. The van der Waals surface area contributed by atoms with Gasteiger partial charge in [-0.3, -0.25) is 24.1 Å². The van der Waals surface area contributed by atoms with Gasteiger partial charge in [0.2, 0.25) is 12.6 Å². The molecule has 1 saturated heterocycles. The minimum atomic E-state index is -1.58. The number of phenolic OH excluding ortho intramolecular Hbond substituents is 2. The van der Waals surface area contributed by atoms with E-state index in [0.717, 1.165) is 44.4 Å². The number of rotatable bonds is 13. The van der Waals surface area contributed by atoms with Gasteiger partial charge in [0.05, 0.1) is 18.9 Å². The first-order valence-corrected chi connectivity index (χ1v) is 18.1. The number of aromatic hydroxyl groups is 2. The van der Waals surface area contributed by atoms with Crippen molar-refractivity contribution in [2.75, 3.05) is 20.3 Å². The lowest BCUT2D eigenvalue weighted by molar-refractivity contribution is -0.342. The molecule has 0 saturated carbocycles. The van der Waals surface area contributed by atoms with Crippen molar-refractivity contribution in [3.05, 3.63) is 83.6 Å². The third-order valence-corrected chi connectivity index (χ3v) is 9.83. The van der Waals surface area contributed by atoms with Crippen molar-refractivity contribution in [1.82, 2.24) is 4.90 Å². The summed E-state index contributed by atoms with van der Waals surface area (Å²) in [5.41, 5.74) is 2.77. The van der Waals surface area contributed by atoms with E-state index in [1.54, 1.807) is 6.07 Å². The van der Waals surface area contributed by atoms with Crippen LogP contribution in [0.5, 0.6) is 11.5 Å². The Morgan fingerprint density at radius 2 is 1.52 bits per heavy atom. The van der Waals surface area contributed by atoms with Gasteiger partial charge in [-0.2, -0.15) is 0 Å². The Morgan fingerprint density at radius 1 is 0.875 bits per heavy atom. The van der Waals surface area contributed by atoms with E-state index in [1.165, 1.54) is 25.5 Å². The van der Waals surface area contributed by atoms with Gasteiger partial charge in [-0.25, -0.2) is 4.79 Å². The first kappa shape index (κ1) is 41.7. The monoisotopic (exact) mass is 781 g/mol. The Kier molecular flexibility index (Phi) is 13.7. The topological polar surface area (TPSA) is 203 Å². The van der Waals surface area contributed by atoms with Crippen LogP contribution in [0, 0.1) is 11.8 Å². The van der Waals surface area contributed by atoms with Crippen LogP contribution in [0.15, 0.2) is 67.0 Å². The zero-order valence-electron chi connectivity index (χ0n) is 31.8. The molecule has 0 amide bonds. The highest BCUT2D eigenvalue weighted by Crippen LogP contribution is 2.46. The molecule has 0 aromatic heterocycles. The van der Waals surface area contributed by atoms with Crippen molar-refractivity contribution in [2.45, 2.75) is 90.1 Å². The van der Waals surface area contributed by atoms with Crippen molar-refractivity contribution in [3.63, 3.8) is 0 Å². The van der Waals surface area contributed by atoms with Gasteiger partial charge in [0, 0.05) is 58.7 Å². The molecule has 3 heterocycles. The number of nitrogens with zero attached hydrogens (tertiary/aromatic N) is 1. The normalized spacial score (nSPS) is 27.3. The van der Waals surface area contributed by atoms with Crippen molar-refractivity contribution in [1.29, 1.82) is 0 Å². The molecule has 0 spiro atoms. The van der Waals surface area contributed by atoms with Gasteiger partial charge >= 0.3 is 29.8 Å². The Morgan fingerprint density at radius 3 is 2.14 bits per heavy atom. The molecule has 56 heavy (non-hydrogen) atoms. The van der Waals surface area contributed by atoms with E-state index in [-0.39, 0.29) is 23.5 Å². The van der Waals surface area contributed by atoms with Crippen LogP contribution in [-0.2, 0) is 74.8 Å². The van der Waals surface area contributed by atoms with Gasteiger partial charge in [0.25, 0.3) is 0 Å². The van der Waals surface area contributed by atoms with Crippen LogP contribution in [0.3, 0.4) is 0 Å². The van der Waals surface area contributed by atoms with E-state index in [9.17, 15) is 34.2 Å². The number of esters is 5. The molecule has 0 unspecified atom stereocenters. The molecular formula is C40H47NO15. The Hall–Kier alpha value is -5.45. The molecule has 2 aromatic rings. The molecule has 0 bridgehead atoms. The highest BCUT2D eigenvalue weighted by molar-refractivity contribution is 5.89. The summed E-state index contributed by atoms with van der Waals surface area (Å²) in [7, 11) is 1.24. The number of ether oxygens (including phenoxy) is 8.